The zero-order valence-electron chi connectivity index (χ0n) is 11.6. The van der Waals surface area contributed by atoms with E-state index in [1.165, 1.54) is 5.56 Å². The van der Waals surface area contributed by atoms with Crippen LogP contribution >= 0.6 is 0 Å². The van der Waals surface area contributed by atoms with Crippen molar-refractivity contribution in [3.05, 3.63) is 29.8 Å². The Balaban J connectivity index is 2.31. The first-order valence-electron chi connectivity index (χ1n) is 6.03. The van der Waals surface area contributed by atoms with Gasteiger partial charge in [-0.3, -0.25) is 0 Å². The van der Waals surface area contributed by atoms with E-state index in [1.807, 2.05) is 50.2 Å². The molecule has 100 valence electrons. The molecule has 0 saturated heterocycles. The average molecular weight is 258 g/mol. The van der Waals surface area contributed by atoms with Gasteiger partial charge in [0.1, 0.15) is 0 Å². The smallest absolute Gasteiger partial charge is 0.233 e. The molecule has 0 aliphatic heterocycles. The molecule has 6 heteroatoms. The second kappa shape index (κ2) is 5.51. The minimum atomic E-state index is 0.522. The minimum absolute atomic E-state index is 0.522. The number of aromatic nitrogens is 3. The fourth-order valence-electron chi connectivity index (χ4n) is 1.58. The summed E-state index contributed by atoms with van der Waals surface area (Å²) in [6.07, 6.45) is 0. The summed E-state index contributed by atoms with van der Waals surface area (Å²) in [6, 6.07) is 8.05. The first-order valence-corrected chi connectivity index (χ1v) is 6.03. The van der Waals surface area contributed by atoms with Gasteiger partial charge in [-0.05, 0) is 24.6 Å². The number of hydrogen-bond donors (Lipinski definition) is 2. The van der Waals surface area contributed by atoms with Crippen LogP contribution in [-0.4, -0.2) is 36.1 Å². The monoisotopic (exact) mass is 258 g/mol. The summed E-state index contributed by atoms with van der Waals surface area (Å²) in [7, 11) is 5.57. The Hall–Kier alpha value is -2.37. The SMILES string of the molecule is CNc1nc(Nc2cccc(C)c2)nc(N(C)C)n1. The Labute approximate surface area is 112 Å². The van der Waals surface area contributed by atoms with Crippen LogP contribution in [-0.2, 0) is 0 Å². The second-order valence-corrected chi connectivity index (χ2v) is 4.42. The van der Waals surface area contributed by atoms with E-state index < -0.39 is 0 Å². The van der Waals surface area contributed by atoms with Crippen LogP contribution in [0.15, 0.2) is 24.3 Å². The first-order chi connectivity index (χ1) is 9.08. The van der Waals surface area contributed by atoms with Gasteiger partial charge in [0.15, 0.2) is 0 Å². The molecule has 1 aromatic carbocycles. The van der Waals surface area contributed by atoms with E-state index in [2.05, 4.69) is 25.6 Å². The average Bonchev–Trinajstić information content (AvgIpc) is 2.38. The van der Waals surface area contributed by atoms with Crippen molar-refractivity contribution in [2.24, 2.45) is 0 Å². The molecule has 0 fully saturated rings. The molecule has 0 atom stereocenters. The van der Waals surface area contributed by atoms with E-state index in [4.69, 9.17) is 0 Å². The number of benzene rings is 1. The molecular formula is C13H18N6. The Kier molecular flexibility index (Phi) is 3.79. The van der Waals surface area contributed by atoms with Gasteiger partial charge in [0.25, 0.3) is 0 Å². The zero-order valence-corrected chi connectivity index (χ0v) is 11.6. The summed E-state index contributed by atoms with van der Waals surface area (Å²) in [5, 5.41) is 6.12. The molecule has 1 aromatic heterocycles. The van der Waals surface area contributed by atoms with Crippen LogP contribution < -0.4 is 15.5 Å². The molecule has 1 heterocycles. The minimum Gasteiger partial charge on any atom is -0.357 e. The maximum absolute atomic E-state index is 4.36. The lowest BCUT2D eigenvalue weighted by Gasteiger charge is -2.13. The highest BCUT2D eigenvalue weighted by Gasteiger charge is 2.07. The summed E-state index contributed by atoms with van der Waals surface area (Å²) >= 11 is 0. The van der Waals surface area contributed by atoms with Crippen molar-refractivity contribution >= 4 is 23.5 Å². The van der Waals surface area contributed by atoms with Crippen molar-refractivity contribution in [3.8, 4) is 0 Å². The van der Waals surface area contributed by atoms with Crippen LogP contribution in [0.1, 0.15) is 5.56 Å². The summed E-state index contributed by atoms with van der Waals surface area (Å²) in [5.41, 5.74) is 2.14. The first kappa shape index (κ1) is 13.1. The molecule has 6 nitrogen and oxygen atoms in total. The molecule has 0 saturated carbocycles. The van der Waals surface area contributed by atoms with Crippen LogP contribution in [0, 0.1) is 6.92 Å². The molecule has 0 bridgehead atoms. The molecular weight excluding hydrogens is 240 g/mol. The lowest BCUT2D eigenvalue weighted by molar-refractivity contribution is 0.963. The number of nitrogens with one attached hydrogen (secondary N) is 2. The maximum Gasteiger partial charge on any atom is 0.233 e. The number of hydrogen-bond acceptors (Lipinski definition) is 6. The Morgan fingerprint density at radius 2 is 1.79 bits per heavy atom. The molecule has 0 amide bonds. The van der Waals surface area contributed by atoms with Gasteiger partial charge >= 0.3 is 0 Å². The van der Waals surface area contributed by atoms with Gasteiger partial charge in [0.05, 0.1) is 0 Å². The van der Waals surface area contributed by atoms with Gasteiger partial charge in [-0.15, -0.1) is 0 Å². The number of anilines is 4. The summed E-state index contributed by atoms with van der Waals surface area (Å²) < 4.78 is 0. The Morgan fingerprint density at radius 3 is 2.42 bits per heavy atom. The van der Waals surface area contributed by atoms with Crippen molar-refractivity contribution < 1.29 is 0 Å². The van der Waals surface area contributed by atoms with E-state index in [0.717, 1.165) is 5.69 Å². The normalized spacial score (nSPS) is 10.1. The van der Waals surface area contributed by atoms with Crippen molar-refractivity contribution in [1.82, 2.24) is 15.0 Å². The molecule has 0 spiro atoms. The van der Waals surface area contributed by atoms with E-state index in [1.54, 1.807) is 7.05 Å². The van der Waals surface area contributed by atoms with Gasteiger partial charge in [-0.1, -0.05) is 12.1 Å². The van der Waals surface area contributed by atoms with Gasteiger partial charge in [-0.25, -0.2) is 0 Å². The Morgan fingerprint density at radius 1 is 1.05 bits per heavy atom. The third-order valence-corrected chi connectivity index (χ3v) is 2.52. The predicted octanol–water partition coefficient (Wildman–Crippen LogP) is 2.03. The lowest BCUT2D eigenvalue weighted by Crippen LogP contribution is -2.15. The highest BCUT2D eigenvalue weighted by molar-refractivity contribution is 5.56. The highest BCUT2D eigenvalue weighted by atomic mass is 15.3. The molecule has 19 heavy (non-hydrogen) atoms. The van der Waals surface area contributed by atoms with E-state index in [-0.39, 0.29) is 0 Å². The number of nitrogens with zero attached hydrogens (tertiary/aromatic N) is 4. The quantitative estimate of drug-likeness (QED) is 0.874. The van der Waals surface area contributed by atoms with Crippen LogP contribution in [0.4, 0.5) is 23.5 Å². The van der Waals surface area contributed by atoms with E-state index >= 15 is 0 Å². The predicted molar refractivity (Wildman–Crippen MR) is 78.2 cm³/mol. The third kappa shape index (κ3) is 3.31. The summed E-state index contributed by atoms with van der Waals surface area (Å²) in [6.45, 7) is 2.04. The van der Waals surface area contributed by atoms with Crippen LogP contribution in [0.3, 0.4) is 0 Å². The molecule has 0 aliphatic carbocycles. The van der Waals surface area contributed by atoms with Crippen molar-refractivity contribution in [2.45, 2.75) is 6.92 Å². The van der Waals surface area contributed by atoms with Gasteiger partial charge in [0.2, 0.25) is 17.8 Å². The molecule has 2 N–H and O–H groups in total. The standard InChI is InChI=1S/C13H18N6/c1-9-6-5-7-10(8-9)15-12-16-11(14-2)17-13(18-12)19(3)4/h5-8H,1-4H3,(H2,14,15,16,17,18). The van der Waals surface area contributed by atoms with Crippen molar-refractivity contribution in [2.75, 3.05) is 36.7 Å². The Bertz CT molecular complexity index is 567. The van der Waals surface area contributed by atoms with Gasteiger partial charge in [-0.2, -0.15) is 15.0 Å². The second-order valence-electron chi connectivity index (χ2n) is 4.42. The van der Waals surface area contributed by atoms with E-state index in [9.17, 15) is 0 Å². The molecule has 2 aromatic rings. The largest absolute Gasteiger partial charge is 0.357 e. The molecule has 0 radical (unpaired) electrons. The fourth-order valence-corrected chi connectivity index (χ4v) is 1.58. The van der Waals surface area contributed by atoms with Gasteiger partial charge < -0.3 is 15.5 Å². The summed E-state index contributed by atoms with van der Waals surface area (Å²) in [4.78, 5) is 14.7. The molecule has 0 unspecified atom stereocenters. The molecule has 2 rings (SSSR count). The third-order valence-electron chi connectivity index (χ3n) is 2.52. The van der Waals surface area contributed by atoms with Gasteiger partial charge in [0, 0.05) is 26.8 Å². The highest BCUT2D eigenvalue weighted by Crippen LogP contribution is 2.17. The fraction of sp³-hybridized carbons (Fsp3) is 0.308. The van der Waals surface area contributed by atoms with Crippen molar-refractivity contribution in [3.63, 3.8) is 0 Å². The number of rotatable bonds is 4. The molecule has 0 aliphatic rings. The lowest BCUT2D eigenvalue weighted by atomic mass is 10.2. The van der Waals surface area contributed by atoms with Crippen LogP contribution in [0.5, 0.6) is 0 Å². The summed E-state index contributed by atoms with van der Waals surface area (Å²) in [5.74, 6) is 1.66. The maximum atomic E-state index is 4.36. The topological polar surface area (TPSA) is 66.0 Å². The zero-order chi connectivity index (χ0) is 13.8. The number of aryl methyl sites for hydroxylation is 1. The van der Waals surface area contributed by atoms with E-state index in [0.29, 0.717) is 17.8 Å². The van der Waals surface area contributed by atoms with Crippen molar-refractivity contribution in [1.29, 1.82) is 0 Å². The van der Waals surface area contributed by atoms with Crippen LogP contribution in [0.2, 0.25) is 0 Å². The van der Waals surface area contributed by atoms with Crippen LogP contribution in [0.25, 0.3) is 0 Å².